The third-order valence-electron chi connectivity index (χ3n) is 3.59. The van der Waals surface area contributed by atoms with Gasteiger partial charge >= 0.3 is 0 Å². The summed E-state index contributed by atoms with van der Waals surface area (Å²) in [6.45, 7) is 4.58. The molecular formula is C20H24N2O4S. The van der Waals surface area contributed by atoms with E-state index in [9.17, 15) is 9.59 Å². The van der Waals surface area contributed by atoms with Crippen LogP contribution in [0, 0.1) is 0 Å². The van der Waals surface area contributed by atoms with Crippen molar-refractivity contribution in [3.63, 3.8) is 0 Å². The molecule has 0 atom stereocenters. The molecule has 2 amide bonds. The lowest BCUT2D eigenvalue weighted by atomic mass is 10.2. The summed E-state index contributed by atoms with van der Waals surface area (Å²) >= 11 is 1.63. The minimum atomic E-state index is -0.355. The molecule has 0 aliphatic heterocycles. The summed E-state index contributed by atoms with van der Waals surface area (Å²) in [6.07, 6.45) is 1.99. The number of benzene rings is 2. The molecular weight excluding hydrogens is 364 g/mol. The smallest absolute Gasteiger partial charge is 0.251 e. The zero-order valence-corrected chi connectivity index (χ0v) is 16.5. The second-order valence-corrected chi connectivity index (χ2v) is 6.37. The SMILES string of the molecule is CCOc1ccc(C(=O)NCC(=O)Nc2ccc(SC)cc2)cc1OCC. The minimum absolute atomic E-state index is 0.125. The van der Waals surface area contributed by atoms with Gasteiger partial charge in [-0.3, -0.25) is 9.59 Å². The molecule has 0 saturated carbocycles. The fourth-order valence-electron chi connectivity index (χ4n) is 2.33. The Morgan fingerprint density at radius 1 is 0.963 bits per heavy atom. The lowest BCUT2D eigenvalue weighted by Gasteiger charge is -2.12. The lowest BCUT2D eigenvalue weighted by molar-refractivity contribution is -0.115. The van der Waals surface area contributed by atoms with Crippen molar-refractivity contribution in [3.05, 3.63) is 48.0 Å². The summed E-state index contributed by atoms with van der Waals surface area (Å²) in [5.41, 5.74) is 1.09. The molecule has 2 N–H and O–H groups in total. The molecule has 27 heavy (non-hydrogen) atoms. The van der Waals surface area contributed by atoms with E-state index in [4.69, 9.17) is 9.47 Å². The Kier molecular flexibility index (Phi) is 8.00. The maximum absolute atomic E-state index is 12.3. The minimum Gasteiger partial charge on any atom is -0.490 e. The van der Waals surface area contributed by atoms with Crippen molar-refractivity contribution in [2.24, 2.45) is 0 Å². The Balaban J connectivity index is 1.93. The van der Waals surface area contributed by atoms with Crippen LogP contribution in [0.3, 0.4) is 0 Å². The Morgan fingerprint density at radius 3 is 2.26 bits per heavy atom. The predicted octanol–water partition coefficient (Wildman–Crippen LogP) is 3.57. The molecule has 0 spiro atoms. The van der Waals surface area contributed by atoms with E-state index in [1.54, 1.807) is 30.0 Å². The van der Waals surface area contributed by atoms with Gasteiger partial charge in [0.15, 0.2) is 11.5 Å². The number of anilines is 1. The van der Waals surface area contributed by atoms with Gasteiger partial charge in [-0.2, -0.15) is 0 Å². The molecule has 0 unspecified atom stereocenters. The zero-order valence-electron chi connectivity index (χ0n) is 15.7. The van der Waals surface area contributed by atoms with Gasteiger partial charge in [-0.1, -0.05) is 0 Å². The van der Waals surface area contributed by atoms with Gasteiger partial charge in [0, 0.05) is 16.1 Å². The predicted molar refractivity (Wildman–Crippen MR) is 108 cm³/mol. The molecule has 0 aliphatic carbocycles. The molecule has 144 valence electrons. The Hall–Kier alpha value is -2.67. The van der Waals surface area contributed by atoms with Gasteiger partial charge in [0.2, 0.25) is 5.91 Å². The van der Waals surface area contributed by atoms with Crippen molar-refractivity contribution in [3.8, 4) is 11.5 Å². The molecule has 0 saturated heterocycles. The van der Waals surface area contributed by atoms with Crippen molar-refractivity contribution in [1.82, 2.24) is 5.32 Å². The largest absolute Gasteiger partial charge is 0.490 e. The molecule has 0 aliphatic rings. The molecule has 2 aromatic carbocycles. The van der Waals surface area contributed by atoms with Crippen LogP contribution in [-0.4, -0.2) is 37.8 Å². The summed E-state index contributed by atoms with van der Waals surface area (Å²) in [6, 6.07) is 12.4. The van der Waals surface area contributed by atoms with Gasteiger partial charge in [0.05, 0.1) is 19.8 Å². The first-order valence-corrected chi connectivity index (χ1v) is 9.91. The molecule has 0 fully saturated rings. The average molecular weight is 388 g/mol. The van der Waals surface area contributed by atoms with Crippen molar-refractivity contribution in [2.75, 3.05) is 31.3 Å². The quantitative estimate of drug-likeness (QED) is 0.642. The van der Waals surface area contributed by atoms with Crippen molar-refractivity contribution < 1.29 is 19.1 Å². The van der Waals surface area contributed by atoms with Crippen LogP contribution in [0.5, 0.6) is 11.5 Å². The number of carbonyl (C=O) groups excluding carboxylic acids is 2. The average Bonchev–Trinajstić information content (AvgIpc) is 2.68. The van der Waals surface area contributed by atoms with E-state index in [1.165, 1.54) is 0 Å². The topological polar surface area (TPSA) is 76.7 Å². The highest BCUT2D eigenvalue weighted by molar-refractivity contribution is 7.98. The van der Waals surface area contributed by atoms with E-state index in [2.05, 4.69) is 10.6 Å². The fraction of sp³-hybridized carbons (Fsp3) is 0.300. The van der Waals surface area contributed by atoms with E-state index in [1.807, 2.05) is 44.4 Å². The third-order valence-corrected chi connectivity index (χ3v) is 4.33. The summed E-state index contributed by atoms with van der Waals surface area (Å²) < 4.78 is 11.0. The summed E-state index contributed by atoms with van der Waals surface area (Å²) in [5.74, 6) is 0.441. The van der Waals surface area contributed by atoms with Crippen molar-refractivity contribution >= 4 is 29.3 Å². The van der Waals surface area contributed by atoms with Crippen LogP contribution in [-0.2, 0) is 4.79 Å². The Bertz CT molecular complexity index is 778. The number of hydrogen-bond donors (Lipinski definition) is 2. The van der Waals surface area contributed by atoms with E-state index in [0.717, 1.165) is 4.90 Å². The monoisotopic (exact) mass is 388 g/mol. The third kappa shape index (κ3) is 6.21. The second kappa shape index (κ2) is 10.5. The number of thioether (sulfide) groups is 1. The lowest BCUT2D eigenvalue weighted by Crippen LogP contribution is -2.32. The van der Waals surface area contributed by atoms with E-state index in [-0.39, 0.29) is 18.4 Å². The molecule has 7 heteroatoms. The van der Waals surface area contributed by atoms with Crippen LogP contribution in [0.25, 0.3) is 0 Å². The van der Waals surface area contributed by atoms with Crippen LogP contribution in [0.2, 0.25) is 0 Å². The first-order valence-electron chi connectivity index (χ1n) is 8.69. The van der Waals surface area contributed by atoms with Crippen LogP contribution >= 0.6 is 11.8 Å². The molecule has 0 bridgehead atoms. The highest BCUT2D eigenvalue weighted by Gasteiger charge is 2.12. The second-order valence-electron chi connectivity index (χ2n) is 5.49. The van der Waals surface area contributed by atoms with Crippen LogP contribution in [0.1, 0.15) is 24.2 Å². The number of rotatable bonds is 9. The molecule has 2 rings (SSSR count). The summed E-state index contributed by atoms with van der Waals surface area (Å²) in [7, 11) is 0. The van der Waals surface area contributed by atoms with Gasteiger partial charge in [-0.05, 0) is 62.6 Å². The van der Waals surface area contributed by atoms with Gasteiger partial charge in [0.25, 0.3) is 5.91 Å². The van der Waals surface area contributed by atoms with Crippen molar-refractivity contribution in [1.29, 1.82) is 0 Å². The van der Waals surface area contributed by atoms with Gasteiger partial charge in [0.1, 0.15) is 0 Å². The van der Waals surface area contributed by atoms with E-state index >= 15 is 0 Å². The van der Waals surface area contributed by atoms with E-state index in [0.29, 0.717) is 36.0 Å². The normalized spacial score (nSPS) is 10.2. The fourth-order valence-corrected chi connectivity index (χ4v) is 2.74. The van der Waals surface area contributed by atoms with Crippen LogP contribution in [0.15, 0.2) is 47.4 Å². The number of nitrogens with one attached hydrogen (secondary N) is 2. The Morgan fingerprint density at radius 2 is 1.63 bits per heavy atom. The maximum Gasteiger partial charge on any atom is 0.251 e. The zero-order chi connectivity index (χ0) is 19.6. The first kappa shape index (κ1) is 20.6. The van der Waals surface area contributed by atoms with Crippen LogP contribution in [0.4, 0.5) is 5.69 Å². The summed E-state index contributed by atoms with van der Waals surface area (Å²) in [5, 5.41) is 5.36. The highest BCUT2D eigenvalue weighted by Crippen LogP contribution is 2.28. The van der Waals surface area contributed by atoms with E-state index < -0.39 is 0 Å². The summed E-state index contributed by atoms with van der Waals surface area (Å²) in [4.78, 5) is 25.5. The highest BCUT2D eigenvalue weighted by atomic mass is 32.2. The van der Waals surface area contributed by atoms with Gasteiger partial charge in [-0.15, -0.1) is 11.8 Å². The maximum atomic E-state index is 12.3. The van der Waals surface area contributed by atoms with Gasteiger partial charge in [-0.25, -0.2) is 0 Å². The molecule has 2 aromatic rings. The molecule has 6 nitrogen and oxygen atoms in total. The van der Waals surface area contributed by atoms with Gasteiger partial charge < -0.3 is 20.1 Å². The molecule has 0 heterocycles. The molecule has 0 radical (unpaired) electrons. The number of amides is 2. The molecule has 0 aromatic heterocycles. The first-order chi connectivity index (χ1) is 13.1. The number of ether oxygens (including phenoxy) is 2. The number of hydrogen-bond acceptors (Lipinski definition) is 5. The van der Waals surface area contributed by atoms with Crippen molar-refractivity contribution in [2.45, 2.75) is 18.7 Å². The standard InChI is InChI=1S/C20H24N2O4S/c1-4-25-17-11-6-14(12-18(17)26-5-2)20(24)21-13-19(23)22-15-7-9-16(27-3)10-8-15/h6-12H,4-5,13H2,1-3H3,(H,21,24)(H,22,23). The number of carbonyl (C=O) groups is 2. The Labute approximate surface area is 163 Å². The van der Waals surface area contributed by atoms with Crippen LogP contribution < -0.4 is 20.1 Å².